The van der Waals surface area contributed by atoms with Crippen molar-refractivity contribution in [2.75, 3.05) is 6.54 Å². The van der Waals surface area contributed by atoms with Crippen LogP contribution >= 0.6 is 0 Å². The highest BCUT2D eigenvalue weighted by Gasteiger charge is 2.12. The lowest BCUT2D eigenvalue weighted by atomic mass is 9.96. The number of benzene rings is 1. The largest absolute Gasteiger partial charge is 0.314 e. The van der Waals surface area contributed by atoms with Gasteiger partial charge in [0.15, 0.2) is 0 Å². The third-order valence-electron chi connectivity index (χ3n) is 3.82. The predicted molar refractivity (Wildman–Crippen MR) is 79.8 cm³/mol. The molecule has 98 valence electrons. The smallest absolute Gasteiger partial charge is 0.0104 e. The summed E-state index contributed by atoms with van der Waals surface area (Å²) in [5, 5.41) is 3.62. The van der Waals surface area contributed by atoms with Crippen LogP contribution in [0.5, 0.6) is 0 Å². The first-order valence-corrected chi connectivity index (χ1v) is 7.13. The molecule has 1 N–H and O–H groups in total. The van der Waals surface area contributed by atoms with Crippen molar-refractivity contribution in [1.82, 2.24) is 5.32 Å². The van der Waals surface area contributed by atoms with Crippen molar-refractivity contribution in [2.45, 2.75) is 52.5 Å². The maximum Gasteiger partial charge on any atom is 0.0104 e. The van der Waals surface area contributed by atoms with Crippen molar-refractivity contribution in [3.8, 4) is 0 Å². The maximum absolute atomic E-state index is 3.62. The van der Waals surface area contributed by atoms with Crippen LogP contribution in [-0.4, -0.2) is 12.6 Å². The molecule has 1 heterocycles. The number of nitrogens with one attached hydrogen (secondary N) is 1. The molecule has 1 aliphatic heterocycles. The Morgan fingerprint density at radius 1 is 1.33 bits per heavy atom. The monoisotopic (exact) mass is 243 g/mol. The minimum absolute atomic E-state index is 0.695. The molecule has 18 heavy (non-hydrogen) atoms. The Balaban J connectivity index is 2.04. The van der Waals surface area contributed by atoms with Gasteiger partial charge in [0.1, 0.15) is 0 Å². The lowest BCUT2D eigenvalue weighted by Gasteiger charge is -2.23. The van der Waals surface area contributed by atoms with E-state index in [1.165, 1.54) is 54.5 Å². The van der Waals surface area contributed by atoms with E-state index in [4.69, 9.17) is 0 Å². The molecule has 1 aromatic rings. The Morgan fingerprint density at radius 3 is 2.89 bits per heavy atom. The van der Waals surface area contributed by atoms with Gasteiger partial charge in [-0.1, -0.05) is 41.8 Å². The molecule has 1 atom stereocenters. The van der Waals surface area contributed by atoms with Crippen molar-refractivity contribution < 1.29 is 0 Å². The van der Waals surface area contributed by atoms with Gasteiger partial charge >= 0.3 is 0 Å². The van der Waals surface area contributed by atoms with Gasteiger partial charge in [-0.25, -0.2) is 0 Å². The van der Waals surface area contributed by atoms with Gasteiger partial charge < -0.3 is 5.32 Å². The summed E-state index contributed by atoms with van der Waals surface area (Å²) >= 11 is 0. The topological polar surface area (TPSA) is 12.0 Å². The highest BCUT2D eigenvalue weighted by atomic mass is 14.9. The molecule has 0 amide bonds. The van der Waals surface area contributed by atoms with Crippen molar-refractivity contribution in [1.29, 1.82) is 0 Å². The summed E-state index contributed by atoms with van der Waals surface area (Å²) in [6.45, 7) is 7.81. The minimum atomic E-state index is 0.695. The maximum atomic E-state index is 3.62. The summed E-state index contributed by atoms with van der Waals surface area (Å²) in [5.41, 5.74) is 5.58. The molecule has 0 spiro atoms. The average Bonchev–Trinajstić information content (AvgIpc) is 2.35. The first kappa shape index (κ1) is 13.4. The molecule has 2 rings (SSSR count). The second-order valence-electron chi connectivity index (χ2n) is 5.70. The molecule has 1 aliphatic rings. The molecule has 1 unspecified atom stereocenters. The lowest BCUT2D eigenvalue weighted by molar-refractivity contribution is 0.399. The van der Waals surface area contributed by atoms with Gasteiger partial charge in [-0.05, 0) is 57.7 Å². The zero-order valence-electron chi connectivity index (χ0n) is 11.9. The van der Waals surface area contributed by atoms with Crippen LogP contribution in [0.3, 0.4) is 0 Å². The van der Waals surface area contributed by atoms with Gasteiger partial charge in [0.25, 0.3) is 0 Å². The van der Waals surface area contributed by atoms with Crippen LogP contribution < -0.4 is 5.32 Å². The highest BCUT2D eigenvalue weighted by molar-refractivity contribution is 5.57. The van der Waals surface area contributed by atoms with Crippen molar-refractivity contribution in [3.05, 3.63) is 40.5 Å². The molecule has 0 aliphatic carbocycles. The second kappa shape index (κ2) is 6.19. The molecular weight excluding hydrogens is 218 g/mol. The summed E-state index contributed by atoms with van der Waals surface area (Å²) < 4.78 is 0. The van der Waals surface area contributed by atoms with E-state index in [2.05, 4.69) is 50.4 Å². The fourth-order valence-corrected chi connectivity index (χ4v) is 2.73. The zero-order valence-corrected chi connectivity index (χ0v) is 11.9. The quantitative estimate of drug-likeness (QED) is 0.837. The summed E-state index contributed by atoms with van der Waals surface area (Å²) in [4.78, 5) is 0. The fourth-order valence-electron chi connectivity index (χ4n) is 2.73. The summed E-state index contributed by atoms with van der Waals surface area (Å²) in [6, 6.07) is 7.38. The van der Waals surface area contributed by atoms with Crippen molar-refractivity contribution in [2.24, 2.45) is 0 Å². The molecule has 1 heteroatoms. The Kier molecular flexibility index (Phi) is 4.60. The van der Waals surface area contributed by atoms with E-state index in [9.17, 15) is 0 Å². The summed E-state index contributed by atoms with van der Waals surface area (Å²) in [5.74, 6) is 0. The molecule has 1 nitrogen and oxygen atoms in total. The molecule has 0 radical (unpaired) electrons. The standard InChI is InChI=1S/C17H25N/c1-13-7-8-15(3)16(10-13)11-14(2)12-17-6-4-5-9-18-17/h7-8,10-11,17-18H,4-6,9,12H2,1-3H3/b14-11-. The van der Waals surface area contributed by atoms with E-state index in [-0.39, 0.29) is 0 Å². The number of aryl methyl sites for hydroxylation is 2. The second-order valence-corrected chi connectivity index (χ2v) is 5.70. The number of hydrogen-bond acceptors (Lipinski definition) is 1. The summed E-state index contributed by atoms with van der Waals surface area (Å²) in [6.07, 6.45) is 7.61. The molecule has 0 bridgehead atoms. The van der Waals surface area contributed by atoms with Crippen molar-refractivity contribution >= 4 is 6.08 Å². The van der Waals surface area contributed by atoms with E-state index in [1.54, 1.807) is 0 Å². The molecule has 1 fully saturated rings. The van der Waals surface area contributed by atoms with Crippen LogP contribution in [0.25, 0.3) is 6.08 Å². The molecule has 0 aromatic heterocycles. The zero-order chi connectivity index (χ0) is 13.0. The SMILES string of the molecule is C/C(=C/c1cc(C)ccc1C)CC1CCCCN1. The Hall–Kier alpha value is -1.08. The predicted octanol–water partition coefficient (Wildman–Crippen LogP) is 4.24. The lowest BCUT2D eigenvalue weighted by Crippen LogP contribution is -2.33. The van der Waals surface area contributed by atoms with Crippen LogP contribution in [0.1, 0.15) is 49.3 Å². The van der Waals surface area contributed by atoms with Crippen molar-refractivity contribution in [3.63, 3.8) is 0 Å². The molecule has 0 saturated carbocycles. The van der Waals surface area contributed by atoms with E-state index < -0.39 is 0 Å². The number of rotatable bonds is 3. The first-order valence-electron chi connectivity index (χ1n) is 7.13. The van der Waals surface area contributed by atoms with E-state index in [0.717, 1.165) is 0 Å². The normalized spacial score (nSPS) is 21.1. The van der Waals surface area contributed by atoms with E-state index >= 15 is 0 Å². The van der Waals surface area contributed by atoms with Crippen LogP contribution in [0.2, 0.25) is 0 Å². The van der Waals surface area contributed by atoms with Gasteiger partial charge in [0.2, 0.25) is 0 Å². The molecular formula is C17H25N. The number of piperidine rings is 1. The van der Waals surface area contributed by atoms with Gasteiger partial charge in [-0.2, -0.15) is 0 Å². The van der Waals surface area contributed by atoms with E-state index in [1.807, 2.05) is 0 Å². The Morgan fingerprint density at radius 2 is 2.17 bits per heavy atom. The van der Waals surface area contributed by atoms with Gasteiger partial charge in [0, 0.05) is 6.04 Å². The summed E-state index contributed by atoms with van der Waals surface area (Å²) in [7, 11) is 0. The van der Waals surface area contributed by atoms with Gasteiger partial charge in [-0.15, -0.1) is 0 Å². The van der Waals surface area contributed by atoms with Gasteiger partial charge in [0.05, 0.1) is 0 Å². The Labute approximate surface area is 111 Å². The highest BCUT2D eigenvalue weighted by Crippen LogP contribution is 2.19. The molecule has 1 aromatic carbocycles. The van der Waals surface area contributed by atoms with E-state index in [0.29, 0.717) is 6.04 Å². The van der Waals surface area contributed by atoms with Gasteiger partial charge in [-0.3, -0.25) is 0 Å². The Bertz CT molecular complexity index is 425. The van der Waals surface area contributed by atoms with Crippen LogP contribution in [0.4, 0.5) is 0 Å². The van der Waals surface area contributed by atoms with Crippen LogP contribution in [-0.2, 0) is 0 Å². The van der Waals surface area contributed by atoms with Crippen LogP contribution in [0, 0.1) is 13.8 Å². The third kappa shape index (κ3) is 3.71. The number of hydrogen-bond donors (Lipinski definition) is 1. The fraction of sp³-hybridized carbons (Fsp3) is 0.529. The van der Waals surface area contributed by atoms with Crippen LogP contribution in [0.15, 0.2) is 23.8 Å². The first-order chi connectivity index (χ1) is 8.65. The molecule has 1 saturated heterocycles. The average molecular weight is 243 g/mol. The minimum Gasteiger partial charge on any atom is -0.314 e. The third-order valence-corrected chi connectivity index (χ3v) is 3.82.